The molecule has 0 rings (SSSR count). The lowest BCUT2D eigenvalue weighted by atomic mass is 10.2. The van der Waals surface area contributed by atoms with Crippen LogP contribution in [-0.2, 0) is 28.6 Å². The molecule has 0 radical (unpaired) electrons. The third kappa shape index (κ3) is 4.99. The third-order valence-electron chi connectivity index (χ3n) is 1.61. The van der Waals surface area contributed by atoms with Crippen molar-refractivity contribution >= 4 is 17.9 Å². The van der Waals surface area contributed by atoms with E-state index < -0.39 is 24.0 Å². The zero-order valence-electron chi connectivity index (χ0n) is 8.94. The van der Waals surface area contributed by atoms with Crippen molar-refractivity contribution in [2.45, 2.75) is 25.9 Å². The Labute approximate surface area is 87.5 Å². The lowest BCUT2D eigenvalue weighted by Crippen LogP contribution is -2.31. The van der Waals surface area contributed by atoms with Gasteiger partial charge in [-0.2, -0.15) is 0 Å². The molecule has 0 aromatic carbocycles. The highest BCUT2D eigenvalue weighted by Crippen LogP contribution is 2.04. The van der Waals surface area contributed by atoms with E-state index in [1.165, 1.54) is 7.11 Å². The molecule has 0 bridgehead atoms. The van der Waals surface area contributed by atoms with Crippen molar-refractivity contribution in [3.63, 3.8) is 0 Å². The van der Waals surface area contributed by atoms with Gasteiger partial charge in [0.2, 0.25) is 6.10 Å². The molecular formula is C9H14O6. The summed E-state index contributed by atoms with van der Waals surface area (Å²) >= 11 is 0. The Morgan fingerprint density at radius 1 is 1.07 bits per heavy atom. The second-order valence-corrected chi connectivity index (χ2v) is 2.64. The fourth-order valence-corrected chi connectivity index (χ4v) is 0.781. The normalized spacial score (nSPS) is 11.4. The Kier molecular flexibility index (Phi) is 6.08. The summed E-state index contributed by atoms with van der Waals surface area (Å²) in [6.45, 7) is 1.58. The van der Waals surface area contributed by atoms with E-state index in [4.69, 9.17) is 4.74 Å². The molecule has 6 heteroatoms. The van der Waals surface area contributed by atoms with Crippen molar-refractivity contribution in [1.82, 2.24) is 0 Å². The van der Waals surface area contributed by atoms with Gasteiger partial charge in [-0.15, -0.1) is 0 Å². The van der Waals surface area contributed by atoms with Crippen LogP contribution in [-0.4, -0.2) is 38.2 Å². The van der Waals surface area contributed by atoms with Crippen molar-refractivity contribution in [3.8, 4) is 0 Å². The molecule has 0 N–H and O–H groups in total. The van der Waals surface area contributed by atoms with Gasteiger partial charge in [0.25, 0.3) is 0 Å². The molecule has 0 aromatic heterocycles. The van der Waals surface area contributed by atoms with Crippen LogP contribution in [0.3, 0.4) is 0 Å². The first-order valence-electron chi connectivity index (χ1n) is 4.39. The summed E-state index contributed by atoms with van der Waals surface area (Å²) in [7, 11) is 2.32. The lowest BCUT2D eigenvalue weighted by Gasteiger charge is -2.13. The molecule has 6 nitrogen and oxygen atoms in total. The van der Waals surface area contributed by atoms with Gasteiger partial charge in [-0.05, 0) is 0 Å². The second-order valence-electron chi connectivity index (χ2n) is 2.64. The number of hydrogen-bond acceptors (Lipinski definition) is 6. The maximum atomic E-state index is 11.1. The molecule has 0 spiro atoms. The minimum absolute atomic E-state index is 0.120. The summed E-state index contributed by atoms with van der Waals surface area (Å²) in [5.41, 5.74) is 0. The van der Waals surface area contributed by atoms with Gasteiger partial charge < -0.3 is 14.2 Å². The maximum absolute atomic E-state index is 11.1. The van der Waals surface area contributed by atoms with Crippen molar-refractivity contribution < 1.29 is 28.6 Å². The van der Waals surface area contributed by atoms with Crippen molar-refractivity contribution in [2.24, 2.45) is 0 Å². The number of ether oxygens (including phenoxy) is 3. The molecule has 0 aliphatic heterocycles. The number of carbonyl (C=O) groups excluding carboxylic acids is 3. The predicted molar refractivity (Wildman–Crippen MR) is 48.8 cm³/mol. The number of esters is 3. The van der Waals surface area contributed by atoms with E-state index in [-0.39, 0.29) is 12.8 Å². The van der Waals surface area contributed by atoms with Gasteiger partial charge in [0.05, 0.1) is 20.6 Å². The highest BCUT2D eigenvalue weighted by Gasteiger charge is 2.26. The molecule has 0 aliphatic carbocycles. The average molecular weight is 218 g/mol. The van der Waals surface area contributed by atoms with Gasteiger partial charge in [0.15, 0.2) is 0 Å². The molecule has 0 saturated heterocycles. The van der Waals surface area contributed by atoms with Gasteiger partial charge in [-0.1, -0.05) is 6.92 Å². The Morgan fingerprint density at radius 2 is 1.67 bits per heavy atom. The summed E-state index contributed by atoms with van der Waals surface area (Å²) in [5, 5.41) is 0. The highest BCUT2D eigenvalue weighted by molar-refractivity contribution is 5.84. The van der Waals surface area contributed by atoms with Gasteiger partial charge >= 0.3 is 17.9 Å². The van der Waals surface area contributed by atoms with Crippen LogP contribution in [0.4, 0.5) is 0 Å². The van der Waals surface area contributed by atoms with E-state index in [0.717, 1.165) is 7.11 Å². The molecule has 86 valence electrons. The topological polar surface area (TPSA) is 78.9 Å². The first kappa shape index (κ1) is 13.4. The largest absolute Gasteiger partial charge is 0.469 e. The van der Waals surface area contributed by atoms with Crippen LogP contribution in [0.25, 0.3) is 0 Å². The fraction of sp³-hybridized carbons (Fsp3) is 0.667. The van der Waals surface area contributed by atoms with E-state index in [2.05, 4.69) is 9.47 Å². The second kappa shape index (κ2) is 6.80. The zero-order chi connectivity index (χ0) is 11.8. The van der Waals surface area contributed by atoms with Crippen molar-refractivity contribution in [2.75, 3.05) is 14.2 Å². The smallest absolute Gasteiger partial charge is 0.347 e. The van der Waals surface area contributed by atoms with Crippen LogP contribution in [0.15, 0.2) is 0 Å². The Balaban J connectivity index is 4.37. The van der Waals surface area contributed by atoms with Crippen LogP contribution in [0.1, 0.15) is 19.8 Å². The SMILES string of the molecule is CCC(=O)O[C@@H](CC(=O)OC)C(=O)OC. The summed E-state index contributed by atoms with van der Waals surface area (Å²) in [5.74, 6) is -1.99. The fourth-order valence-electron chi connectivity index (χ4n) is 0.781. The van der Waals surface area contributed by atoms with Gasteiger partial charge in [0.1, 0.15) is 0 Å². The minimum atomic E-state index is -1.23. The van der Waals surface area contributed by atoms with E-state index in [1.54, 1.807) is 6.92 Å². The Hall–Kier alpha value is -1.59. The Morgan fingerprint density at radius 3 is 2.07 bits per heavy atom. The lowest BCUT2D eigenvalue weighted by molar-refractivity contribution is -0.169. The quantitative estimate of drug-likeness (QED) is 0.479. The molecule has 0 fully saturated rings. The standard InChI is InChI=1S/C9H14O6/c1-4-7(10)15-6(9(12)14-3)5-8(11)13-2/h6H,4-5H2,1-3H3/t6-/m0/s1. The third-order valence-corrected chi connectivity index (χ3v) is 1.61. The minimum Gasteiger partial charge on any atom is -0.469 e. The van der Waals surface area contributed by atoms with Gasteiger partial charge in [-0.3, -0.25) is 9.59 Å². The molecule has 0 aromatic rings. The highest BCUT2D eigenvalue weighted by atomic mass is 16.6. The number of methoxy groups -OCH3 is 2. The summed E-state index contributed by atoms with van der Waals surface area (Å²) in [6, 6.07) is 0. The molecule has 0 aliphatic rings. The summed E-state index contributed by atoms with van der Waals surface area (Å²) in [4.78, 5) is 32.9. The summed E-state index contributed by atoms with van der Waals surface area (Å²) in [6.07, 6.45) is -1.45. The van der Waals surface area contributed by atoms with E-state index in [1.807, 2.05) is 0 Å². The van der Waals surface area contributed by atoms with Crippen LogP contribution in [0, 0.1) is 0 Å². The Bertz CT molecular complexity index is 229. The molecule has 0 heterocycles. The zero-order valence-corrected chi connectivity index (χ0v) is 8.94. The molecule has 0 unspecified atom stereocenters. The van der Waals surface area contributed by atoms with E-state index >= 15 is 0 Å². The van der Waals surface area contributed by atoms with Crippen LogP contribution in [0.2, 0.25) is 0 Å². The molecule has 0 amide bonds. The molecular weight excluding hydrogens is 204 g/mol. The number of hydrogen-bond donors (Lipinski definition) is 0. The van der Waals surface area contributed by atoms with Crippen molar-refractivity contribution in [3.05, 3.63) is 0 Å². The predicted octanol–water partition coefficient (Wildman–Crippen LogP) is 0.0443. The average Bonchev–Trinajstić information content (AvgIpc) is 2.26. The number of carbonyl (C=O) groups is 3. The van der Waals surface area contributed by atoms with Gasteiger partial charge in [-0.25, -0.2) is 4.79 Å². The monoisotopic (exact) mass is 218 g/mol. The molecule has 0 saturated carbocycles. The van der Waals surface area contributed by atoms with Crippen molar-refractivity contribution in [1.29, 1.82) is 0 Å². The first-order valence-corrected chi connectivity index (χ1v) is 4.39. The van der Waals surface area contributed by atoms with E-state index in [9.17, 15) is 14.4 Å². The first-order chi connectivity index (χ1) is 7.04. The number of rotatable bonds is 5. The maximum Gasteiger partial charge on any atom is 0.347 e. The molecule has 1 atom stereocenters. The molecule has 15 heavy (non-hydrogen) atoms. The van der Waals surface area contributed by atoms with Crippen LogP contribution in [0.5, 0.6) is 0 Å². The van der Waals surface area contributed by atoms with E-state index in [0.29, 0.717) is 0 Å². The van der Waals surface area contributed by atoms with Crippen LogP contribution >= 0.6 is 0 Å². The van der Waals surface area contributed by atoms with Crippen LogP contribution < -0.4 is 0 Å². The summed E-state index contributed by atoms with van der Waals surface area (Å²) < 4.78 is 13.4. The van der Waals surface area contributed by atoms with Gasteiger partial charge in [0, 0.05) is 6.42 Å².